The number of rotatable bonds is 5. The number of carbonyl (C=O) groups is 1. The van der Waals surface area contributed by atoms with Gasteiger partial charge in [-0.1, -0.05) is 24.3 Å². The lowest BCUT2D eigenvalue weighted by atomic mass is 10.1. The van der Waals surface area contributed by atoms with E-state index in [2.05, 4.69) is 5.32 Å². The van der Waals surface area contributed by atoms with E-state index in [1.807, 2.05) is 0 Å². The number of methoxy groups -OCH3 is 1. The van der Waals surface area contributed by atoms with Crippen molar-refractivity contribution < 1.29 is 27.1 Å². The molecular formula is C18H17F4NO2. The molecule has 134 valence electrons. The van der Waals surface area contributed by atoms with Gasteiger partial charge in [0.15, 0.2) is 11.6 Å². The van der Waals surface area contributed by atoms with Crippen molar-refractivity contribution in [3.8, 4) is 5.75 Å². The lowest BCUT2D eigenvalue weighted by Gasteiger charge is -2.15. The first kappa shape index (κ1) is 18.8. The van der Waals surface area contributed by atoms with Crippen LogP contribution in [0.5, 0.6) is 5.75 Å². The molecule has 0 heterocycles. The van der Waals surface area contributed by atoms with Crippen LogP contribution in [-0.4, -0.2) is 13.0 Å². The van der Waals surface area contributed by atoms with Gasteiger partial charge in [-0.3, -0.25) is 4.79 Å². The molecule has 0 aromatic heterocycles. The Morgan fingerprint density at radius 1 is 1.20 bits per heavy atom. The smallest absolute Gasteiger partial charge is 0.416 e. The van der Waals surface area contributed by atoms with Crippen molar-refractivity contribution in [3.05, 3.63) is 65.0 Å². The molecule has 0 saturated carbocycles. The minimum atomic E-state index is -4.46. The molecule has 25 heavy (non-hydrogen) atoms. The van der Waals surface area contributed by atoms with E-state index < -0.39 is 29.5 Å². The fourth-order valence-electron chi connectivity index (χ4n) is 2.37. The summed E-state index contributed by atoms with van der Waals surface area (Å²) < 4.78 is 56.6. The quantitative estimate of drug-likeness (QED) is 0.814. The van der Waals surface area contributed by atoms with Crippen LogP contribution in [0.2, 0.25) is 0 Å². The van der Waals surface area contributed by atoms with Crippen LogP contribution in [0.3, 0.4) is 0 Å². The predicted octanol–water partition coefficient (Wildman–Crippen LogP) is 4.27. The SMILES string of the molecule is COc1ccc([C@H](C)NC(=O)Cc2cccc(C(F)(F)F)c2)cc1F. The Hall–Kier alpha value is -2.57. The molecule has 0 aliphatic heterocycles. The maximum atomic E-state index is 13.7. The number of amides is 1. The first-order valence-electron chi connectivity index (χ1n) is 7.49. The molecule has 1 N–H and O–H groups in total. The number of hydrogen-bond acceptors (Lipinski definition) is 2. The summed E-state index contributed by atoms with van der Waals surface area (Å²) in [5.74, 6) is -0.923. The van der Waals surface area contributed by atoms with Crippen molar-refractivity contribution in [2.24, 2.45) is 0 Å². The monoisotopic (exact) mass is 355 g/mol. The van der Waals surface area contributed by atoms with Gasteiger partial charge < -0.3 is 10.1 Å². The average Bonchev–Trinajstić information content (AvgIpc) is 2.54. The molecule has 0 radical (unpaired) electrons. The number of alkyl halides is 3. The molecule has 2 aromatic rings. The molecule has 1 atom stereocenters. The molecule has 0 saturated heterocycles. The largest absolute Gasteiger partial charge is 0.494 e. The van der Waals surface area contributed by atoms with Crippen LogP contribution in [0.4, 0.5) is 17.6 Å². The number of benzene rings is 2. The van der Waals surface area contributed by atoms with Crippen LogP contribution in [0.1, 0.15) is 29.7 Å². The molecule has 0 unspecified atom stereocenters. The van der Waals surface area contributed by atoms with Gasteiger partial charge in [0.2, 0.25) is 5.91 Å². The van der Waals surface area contributed by atoms with E-state index >= 15 is 0 Å². The van der Waals surface area contributed by atoms with E-state index in [9.17, 15) is 22.4 Å². The number of carbonyl (C=O) groups excluding carboxylic acids is 1. The van der Waals surface area contributed by atoms with Gasteiger partial charge in [-0.05, 0) is 36.2 Å². The second-order valence-corrected chi connectivity index (χ2v) is 5.56. The fraction of sp³-hybridized carbons (Fsp3) is 0.278. The molecule has 3 nitrogen and oxygen atoms in total. The Labute approximate surface area is 142 Å². The highest BCUT2D eigenvalue weighted by atomic mass is 19.4. The second kappa shape index (κ2) is 7.55. The first-order valence-corrected chi connectivity index (χ1v) is 7.49. The van der Waals surface area contributed by atoms with Crippen LogP contribution in [0.15, 0.2) is 42.5 Å². The zero-order valence-corrected chi connectivity index (χ0v) is 13.7. The molecule has 7 heteroatoms. The summed E-state index contributed by atoms with van der Waals surface area (Å²) in [7, 11) is 1.35. The van der Waals surface area contributed by atoms with Gasteiger partial charge in [-0.25, -0.2) is 4.39 Å². The summed E-state index contributed by atoms with van der Waals surface area (Å²) in [6.07, 6.45) is -4.66. The van der Waals surface area contributed by atoms with Gasteiger partial charge in [-0.15, -0.1) is 0 Å². The minimum Gasteiger partial charge on any atom is -0.494 e. The standard InChI is InChI=1S/C18H17F4NO2/c1-11(13-6-7-16(25-2)15(19)10-13)23-17(24)9-12-4-3-5-14(8-12)18(20,21)22/h3-8,10-11H,9H2,1-2H3,(H,23,24)/t11-/m0/s1. The van der Waals surface area contributed by atoms with Crippen LogP contribution in [0.25, 0.3) is 0 Å². The topological polar surface area (TPSA) is 38.3 Å². The molecule has 0 fully saturated rings. The van der Waals surface area contributed by atoms with E-state index in [0.717, 1.165) is 12.1 Å². The number of ether oxygens (including phenoxy) is 1. The minimum absolute atomic E-state index is 0.0891. The molecule has 0 spiro atoms. The van der Waals surface area contributed by atoms with Crippen molar-refractivity contribution >= 4 is 5.91 Å². The summed E-state index contributed by atoms with van der Waals surface area (Å²) >= 11 is 0. The Morgan fingerprint density at radius 2 is 1.92 bits per heavy atom. The summed E-state index contributed by atoms with van der Waals surface area (Å²) in [4.78, 5) is 12.1. The van der Waals surface area contributed by atoms with Gasteiger partial charge in [0, 0.05) is 0 Å². The Balaban J connectivity index is 2.04. The number of hydrogen-bond donors (Lipinski definition) is 1. The van der Waals surface area contributed by atoms with Crippen molar-refractivity contribution in [1.82, 2.24) is 5.32 Å². The highest BCUT2D eigenvalue weighted by molar-refractivity contribution is 5.79. The molecule has 0 bridgehead atoms. The first-order chi connectivity index (χ1) is 11.7. The van der Waals surface area contributed by atoms with Crippen molar-refractivity contribution in [3.63, 3.8) is 0 Å². The molecular weight excluding hydrogens is 338 g/mol. The van der Waals surface area contributed by atoms with Gasteiger partial charge in [0.1, 0.15) is 0 Å². The zero-order chi connectivity index (χ0) is 18.6. The van der Waals surface area contributed by atoms with Crippen molar-refractivity contribution in [1.29, 1.82) is 0 Å². The Bertz CT molecular complexity index is 759. The van der Waals surface area contributed by atoms with Crippen LogP contribution < -0.4 is 10.1 Å². The molecule has 0 aliphatic rings. The fourth-order valence-corrected chi connectivity index (χ4v) is 2.37. The maximum Gasteiger partial charge on any atom is 0.416 e. The van der Waals surface area contributed by atoms with Crippen LogP contribution >= 0.6 is 0 Å². The predicted molar refractivity (Wildman–Crippen MR) is 84.7 cm³/mol. The van der Waals surface area contributed by atoms with Crippen LogP contribution in [-0.2, 0) is 17.4 Å². The highest BCUT2D eigenvalue weighted by Gasteiger charge is 2.30. The molecule has 1 amide bonds. The van der Waals surface area contributed by atoms with Crippen molar-refractivity contribution in [2.75, 3.05) is 7.11 Å². The molecule has 0 aliphatic carbocycles. The van der Waals surface area contributed by atoms with Crippen molar-refractivity contribution in [2.45, 2.75) is 25.6 Å². The normalized spacial score (nSPS) is 12.6. The van der Waals surface area contributed by atoms with Crippen LogP contribution in [0, 0.1) is 5.82 Å². The Kier molecular flexibility index (Phi) is 5.66. The molecule has 2 rings (SSSR count). The van der Waals surface area contributed by atoms with Gasteiger partial charge >= 0.3 is 6.18 Å². The van der Waals surface area contributed by atoms with E-state index in [4.69, 9.17) is 4.74 Å². The van der Waals surface area contributed by atoms with Gasteiger partial charge in [-0.2, -0.15) is 13.2 Å². The third kappa shape index (κ3) is 4.95. The number of nitrogens with one attached hydrogen (secondary N) is 1. The third-order valence-corrected chi connectivity index (χ3v) is 3.67. The van der Waals surface area contributed by atoms with E-state index in [0.29, 0.717) is 5.56 Å². The third-order valence-electron chi connectivity index (χ3n) is 3.67. The number of halogens is 4. The second-order valence-electron chi connectivity index (χ2n) is 5.56. The van der Waals surface area contributed by atoms with E-state index in [1.165, 1.54) is 31.4 Å². The zero-order valence-electron chi connectivity index (χ0n) is 13.7. The van der Waals surface area contributed by atoms with Gasteiger partial charge in [0.25, 0.3) is 0 Å². The summed E-state index contributed by atoms with van der Waals surface area (Å²) in [5, 5.41) is 2.64. The Morgan fingerprint density at radius 3 is 2.52 bits per heavy atom. The average molecular weight is 355 g/mol. The summed E-state index contributed by atoms with van der Waals surface area (Å²) in [5.41, 5.74) is -0.0285. The van der Waals surface area contributed by atoms with E-state index in [1.54, 1.807) is 13.0 Å². The lowest BCUT2D eigenvalue weighted by molar-refractivity contribution is -0.137. The molecule has 2 aromatic carbocycles. The van der Waals surface area contributed by atoms with E-state index in [-0.39, 0.29) is 17.7 Å². The maximum absolute atomic E-state index is 13.7. The van der Waals surface area contributed by atoms with Gasteiger partial charge in [0.05, 0.1) is 25.1 Å². The lowest BCUT2D eigenvalue weighted by Crippen LogP contribution is -2.28. The summed E-state index contributed by atoms with van der Waals surface area (Å²) in [6.45, 7) is 1.66. The highest BCUT2D eigenvalue weighted by Crippen LogP contribution is 2.29. The summed E-state index contributed by atoms with van der Waals surface area (Å²) in [6, 6.07) is 8.39.